The van der Waals surface area contributed by atoms with Gasteiger partial charge in [0, 0.05) is 24.8 Å². The molecule has 174 valence electrons. The molecule has 1 aromatic heterocycles. The molecule has 33 heavy (non-hydrogen) atoms. The van der Waals surface area contributed by atoms with Crippen molar-refractivity contribution in [2.24, 2.45) is 5.10 Å². The van der Waals surface area contributed by atoms with E-state index in [0.717, 1.165) is 15.6 Å². The number of hydrogen-bond acceptors (Lipinski definition) is 5. The largest absolute Gasteiger partial charge is 0.331 e. The molecule has 0 fully saturated rings. The minimum absolute atomic E-state index is 0.155. The summed E-state index contributed by atoms with van der Waals surface area (Å²) in [7, 11) is -0.616. The highest BCUT2D eigenvalue weighted by molar-refractivity contribution is 7.89. The molecule has 0 unspecified atom stereocenters. The summed E-state index contributed by atoms with van der Waals surface area (Å²) in [6.07, 6.45) is 1.51. The lowest BCUT2D eigenvalue weighted by atomic mass is 10.2. The first-order chi connectivity index (χ1) is 15.5. The summed E-state index contributed by atoms with van der Waals surface area (Å²) < 4.78 is 27.5. The fourth-order valence-corrected chi connectivity index (χ4v) is 4.45. The van der Waals surface area contributed by atoms with Crippen molar-refractivity contribution in [3.63, 3.8) is 0 Å². The molecule has 1 heterocycles. The molecule has 0 saturated carbocycles. The molecule has 0 saturated heterocycles. The van der Waals surface area contributed by atoms with Crippen molar-refractivity contribution in [3.05, 3.63) is 69.5 Å². The Balaban J connectivity index is 1.74. The molecule has 0 amide bonds. The number of aromatic nitrogens is 2. The third-order valence-corrected chi connectivity index (χ3v) is 7.30. The van der Waals surface area contributed by atoms with Gasteiger partial charge in [-0.25, -0.2) is 17.4 Å². The van der Waals surface area contributed by atoms with Gasteiger partial charge in [-0.15, -0.1) is 0 Å². The number of aryl methyl sites for hydroxylation is 2. The van der Waals surface area contributed by atoms with E-state index in [1.54, 1.807) is 28.9 Å². The lowest BCUT2D eigenvalue weighted by Crippen LogP contribution is -2.25. The Kier molecular flexibility index (Phi) is 7.76. The lowest BCUT2D eigenvalue weighted by molar-refractivity contribution is 0.521. The Morgan fingerprint density at radius 2 is 1.91 bits per heavy atom. The SMILES string of the molecule is Cc1ccc(S(=O)(=O)N(C)C)cc1NC(=S)N/N=C/c1c(C)nn(-c2cccc(Cl)c2)c1Cl. The van der Waals surface area contributed by atoms with Gasteiger partial charge in [-0.2, -0.15) is 10.2 Å². The molecule has 2 aromatic carbocycles. The Morgan fingerprint density at radius 3 is 2.58 bits per heavy atom. The van der Waals surface area contributed by atoms with Crippen LogP contribution in [0, 0.1) is 13.8 Å². The van der Waals surface area contributed by atoms with E-state index in [-0.39, 0.29) is 10.0 Å². The Hall–Kier alpha value is -2.50. The summed E-state index contributed by atoms with van der Waals surface area (Å²) in [4.78, 5) is 0.155. The maximum absolute atomic E-state index is 12.4. The zero-order valence-corrected chi connectivity index (χ0v) is 21.4. The van der Waals surface area contributed by atoms with Gasteiger partial charge in [-0.05, 0) is 62.0 Å². The Labute approximate surface area is 208 Å². The predicted octanol–water partition coefficient (Wildman–Crippen LogP) is 4.37. The number of halogens is 2. The second-order valence-electron chi connectivity index (χ2n) is 7.27. The topological polar surface area (TPSA) is 91.6 Å². The van der Waals surface area contributed by atoms with Crippen molar-refractivity contribution in [2.45, 2.75) is 18.7 Å². The molecule has 12 heteroatoms. The predicted molar refractivity (Wildman–Crippen MR) is 137 cm³/mol. The third kappa shape index (κ3) is 5.71. The summed E-state index contributed by atoms with van der Waals surface area (Å²) in [5.41, 5.74) is 6.09. The van der Waals surface area contributed by atoms with Crippen molar-refractivity contribution in [2.75, 3.05) is 19.4 Å². The average Bonchev–Trinajstić information content (AvgIpc) is 3.03. The number of sulfonamides is 1. The van der Waals surface area contributed by atoms with E-state index in [1.807, 2.05) is 26.0 Å². The van der Waals surface area contributed by atoms with E-state index >= 15 is 0 Å². The van der Waals surface area contributed by atoms with Gasteiger partial charge in [-0.1, -0.05) is 35.3 Å². The molecule has 0 atom stereocenters. The minimum atomic E-state index is -3.57. The zero-order chi connectivity index (χ0) is 24.3. The van der Waals surface area contributed by atoms with Crippen LogP contribution in [0.2, 0.25) is 10.2 Å². The fourth-order valence-electron chi connectivity index (χ4n) is 2.85. The summed E-state index contributed by atoms with van der Waals surface area (Å²) in [5.74, 6) is 0. The first-order valence-corrected chi connectivity index (χ1v) is 12.3. The quantitative estimate of drug-likeness (QED) is 0.282. The standard InChI is InChI=1S/C21H22Cl2N6O2S2/c1-13-8-9-17(33(30,31)28(3)4)11-19(13)25-21(32)26-24-12-18-14(2)27-29(20(18)23)16-7-5-6-15(22)10-16/h5-12H,1-4H3,(H2,25,26,32)/b24-12+. The minimum Gasteiger partial charge on any atom is -0.331 e. The van der Waals surface area contributed by atoms with Gasteiger partial charge in [0.25, 0.3) is 0 Å². The number of hydrogen-bond donors (Lipinski definition) is 2. The van der Waals surface area contributed by atoms with E-state index in [4.69, 9.17) is 35.4 Å². The summed E-state index contributed by atoms with van der Waals surface area (Å²) in [5, 5.41) is 12.7. The first-order valence-electron chi connectivity index (χ1n) is 9.65. The van der Waals surface area contributed by atoms with Crippen LogP contribution in [0.25, 0.3) is 5.69 Å². The lowest BCUT2D eigenvalue weighted by Gasteiger charge is -2.15. The highest BCUT2D eigenvalue weighted by atomic mass is 35.5. The number of anilines is 1. The van der Waals surface area contributed by atoms with E-state index in [9.17, 15) is 8.42 Å². The summed E-state index contributed by atoms with van der Waals surface area (Å²) in [6.45, 7) is 3.65. The van der Waals surface area contributed by atoms with Gasteiger partial charge in [0.2, 0.25) is 10.0 Å². The molecule has 8 nitrogen and oxygen atoms in total. The van der Waals surface area contributed by atoms with E-state index in [0.29, 0.717) is 27.1 Å². The van der Waals surface area contributed by atoms with Crippen molar-refractivity contribution in [3.8, 4) is 5.69 Å². The van der Waals surface area contributed by atoms with Gasteiger partial charge in [0.15, 0.2) is 5.11 Å². The number of thiocarbonyl (C=S) groups is 1. The van der Waals surface area contributed by atoms with Crippen LogP contribution in [-0.4, -0.2) is 47.9 Å². The number of rotatable bonds is 6. The monoisotopic (exact) mass is 524 g/mol. The van der Waals surface area contributed by atoms with Crippen molar-refractivity contribution in [1.82, 2.24) is 19.5 Å². The van der Waals surface area contributed by atoms with E-state index in [1.165, 1.54) is 26.4 Å². The molecular formula is C21H22Cl2N6O2S2. The second kappa shape index (κ2) is 10.2. The summed E-state index contributed by atoms with van der Waals surface area (Å²) in [6, 6.07) is 12.0. The molecule has 0 spiro atoms. The first kappa shape index (κ1) is 25.1. The summed E-state index contributed by atoms with van der Waals surface area (Å²) >= 11 is 17.9. The molecular weight excluding hydrogens is 503 g/mol. The Morgan fingerprint density at radius 1 is 1.18 bits per heavy atom. The van der Waals surface area contributed by atoms with Crippen LogP contribution in [0.15, 0.2) is 52.5 Å². The molecule has 3 aromatic rings. The molecule has 0 bridgehead atoms. The average molecular weight is 525 g/mol. The van der Waals surface area contributed by atoms with Crippen LogP contribution >= 0.6 is 35.4 Å². The van der Waals surface area contributed by atoms with Crippen LogP contribution in [-0.2, 0) is 10.0 Å². The van der Waals surface area contributed by atoms with E-state index in [2.05, 4.69) is 20.9 Å². The van der Waals surface area contributed by atoms with Crippen LogP contribution in [0.5, 0.6) is 0 Å². The number of nitrogens with one attached hydrogen (secondary N) is 2. The molecule has 0 aliphatic heterocycles. The maximum Gasteiger partial charge on any atom is 0.242 e. The van der Waals surface area contributed by atoms with Crippen molar-refractivity contribution in [1.29, 1.82) is 0 Å². The van der Waals surface area contributed by atoms with Crippen molar-refractivity contribution >= 4 is 62.5 Å². The second-order valence-corrected chi connectivity index (χ2v) is 10.6. The molecule has 0 radical (unpaired) electrons. The maximum atomic E-state index is 12.4. The van der Waals surface area contributed by atoms with Gasteiger partial charge >= 0.3 is 0 Å². The van der Waals surface area contributed by atoms with Crippen LogP contribution in [0.1, 0.15) is 16.8 Å². The zero-order valence-electron chi connectivity index (χ0n) is 18.3. The number of hydrazone groups is 1. The molecule has 3 rings (SSSR count). The number of nitrogens with zero attached hydrogens (tertiary/aromatic N) is 4. The fraction of sp³-hybridized carbons (Fsp3) is 0.190. The molecule has 2 N–H and O–H groups in total. The highest BCUT2D eigenvalue weighted by Gasteiger charge is 2.18. The van der Waals surface area contributed by atoms with Crippen LogP contribution in [0.3, 0.4) is 0 Å². The van der Waals surface area contributed by atoms with Crippen LogP contribution in [0.4, 0.5) is 5.69 Å². The molecule has 0 aliphatic rings. The van der Waals surface area contributed by atoms with Gasteiger partial charge in [0.1, 0.15) is 5.15 Å². The van der Waals surface area contributed by atoms with Crippen molar-refractivity contribution < 1.29 is 8.42 Å². The van der Waals surface area contributed by atoms with Gasteiger partial charge in [0.05, 0.1) is 28.1 Å². The smallest absolute Gasteiger partial charge is 0.242 e. The Bertz CT molecular complexity index is 1340. The third-order valence-electron chi connectivity index (χ3n) is 4.70. The van der Waals surface area contributed by atoms with Gasteiger partial charge in [-0.3, -0.25) is 5.43 Å². The van der Waals surface area contributed by atoms with Gasteiger partial charge < -0.3 is 5.32 Å². The van der Waals surface area contributed by atoms with Crippen LogP contribution < -0.4 is 10.7 Å². The normalized spacial score (nSPS) is 11.8. The van der Waals surface area contributed by atoms with E-state index < -0.39 is 10.0 Å². The number of benzene rings is 2. The molecule has 0 aliphatic carbocycles. The highest BCUT2D eigenvalue weighted by Crippen LogP contribution is 2.24.